The van der Waals surface area contributed by atoms with E-state index in [-0.39, 0.29) is 0 Å². The fraction of sp³-hybridized carbons (Fsp3) is 0. The third-order valence-corrected chi connectivity index (χ3v) is 3.22. The molecule has 0 saturated carbocycles. The van der Waals surface area contributed by atoms with E-state index in [0.29, 0.717) is 16.3 Å². The first-order valence-corrected chi connectivity index (χ1v) is 7.42. The van der Waals surface area contributed by atoms with Crippen LogP contribution in [-0.2, 0) is 0 Å². The standard InChI is InChI=1S/C15H13N5S2/c21-14-18-13(19-15(22)20-14)17-12-8-6-11(7-9-12)16-10-4-2-1-3-5-10/h1-9,16H,(H3,17,18,19,20,21,22). The summed E-state index contributed by atoms with van der Waals surface area (Å²) >= 11 is 8.20. The summed E-state index contributed by atoms with van der Waals surface area (Å²) in [6.07, 6.45) is 0. The topological polar surface area (TPSA) is 62.7 Å². The summed E-state index contributed by atoms with van der Waals surface area (Å²) in [5.41, 5.74) is 2.91. The van der Waals surface area contributed by atoms with Gasteiger partial charge in [-0.15, -0.1) is 25.3 Å². The Labute approximate surface area is 139 Å². The normalized spacial score (nSPS) is 10.3. The summed E-state index contributed by atoms with van der Waals surface area (Å²) < 4.78 is 0. The van der Waals surface area contributed by atoms with Gasteiger partial charge >= 0.3 is 0 Å². The second-order valence-electron chi connectivity index (χ2n) is 4.45. The molecular formula is C15H13N5S2. The maximum absolute atomic E-state index is 4.10. The molecule has 1 heterocycles. The molecule has 0 amide bonds. The lowest BCUT2D eigenvalue weighted by Gasteiger charge is -2.08. The predicted octanol–water partition coefficient (Wildman–Crippen LogP) is 3.94. The fourth-order valence-electron chi connectivity index (χ4n) is 1.86. The average molecular weight is 327 g/mol. The Balaban J connectivity index is 1.71. The van der Waals surface area contributed by atoms with Gasteiger partial charge in [0.25, 0.3) is 0 Å². The molecule has 0 atom stereocenters. The van der Waals surface area contributed by atoms with Crippen LogP contribution in [0.5, 0.6) is 0 Å². The molecule has 22 heavy (non-hydrogen) atoms. The maximum Gasteiger partial charge on any atom is 0.232 e. The number of nitrogens with zero attached hydrogens (tertiary/aromatic N) is 3. The quantitative estimate of drug-likeness (QED) is 0.547. The van der Waals surface area contributed by atoms with Crippen molar-refractivity contribution in [1.82, 2.24) is 15.0 Å². The summed E-state index contributed by atoms with van der Waals surface area (Å²) in [6.45, 7) is 0. The molecule has 0 unspecified atom stereocenters. The van der Waals surface area contributed by atoms with Gasteiger partial charge in [-0.3, -0.25) is 0 Å². The third-order valence-electron chi connectivity index (χ3n) is 2.82. The van der Waals surface area contributed by atoms with Gasteiger partial charge in [0.1, 0.15) is 0 Å². The molecule has 0 bridgehead atoms. The van der Waals surface area contributed by atoms with E-state index in [2.05, 4.69) is 50.8 Å². The zero-order valence-electron chi connectivity index (χ0n) is 11.4. The second-order valence-corrected chi connectivity index (χ2v) is 5.25. The van der Waals surface area contributed by atoms with Crippen LogP contribution < -0.4 is 10.6 Å². The van der Waals surface area contributed by atoms with Gasteiger partial charge in [0, 0.05) is 17.1 Å². The minimum Gasteiger partial charge on any atom is -0.356 e. The molecule has 2 aromatic carbocycles. The number of para-hydroxylation sites is 1. The van der Waals surface area contributed by atoms with Gasteiger partial charge in [0.2, 0.25) is 5.95 Å². The van der Waals surface area contributed by atoms with Gasteiger partial charge in [-0.1, -0.05) is 18.2 Å². The van der Waals surface area contributed by atoms with Gasteiger partial charge < -0.3 is 10.6 Å². The van der Waals surface area contributed by atoms with Crippen LogP contribution in [-0.4, -0.2) is 15.0 Å². The van der Waals surface area contributed by atoms with Crippen LogP contribution in [0.3, 0.4) is 0 Å². The highest BCUT2D eigenvalue weighted by molar-refractivity contribution is 7.80. The number of aromatic nitrogens is 3. The van der Waals surface area contributed by atoms with E-state index in [4.69, 9.17) is 0 Å². The summed E-state index contributed by atoms with van der Waals surface area (Å²) in [4.78, 5) is 12.1. The minimum atomic E-state index is 0.324. The molecule has 3 aromatic rings. The SMILES string of the molecule is Sc1nc(S)nc(Nc2ccc(Nc3ccccc3)cc2)n1. The van der Waals surface area contributed by atoms with Crippen molar-refractivity contribution in [3.05, 3.63) is 54.6 Å². The molecule has 5 nitrogen and oxygen atoms in total. The maximum atomic E-state index is 4.10. The van der Waals surface area contributed by atoms with Crippen molar-refractivity contribution in [2.75, 3.05) is 10.6 Å². The largest absolute Gasteiger partial charge is 0.356 e. The van der Waals surface area contributed by atoms with Crippen molar-refractivity contribution in [3.63, 3.8) is 0 Å². The van der Waals surface area contributed by atoms with E-state index in [1.165, 1.54) is 0 Å². The lowest BCUT2D eigenvalue weighted by molar-refractivity contribution is 0.817. The first-order valence-electron chi connectivity index (χ1n) is 6.52. The van der Waals surface area contributed by atoms with Gasteiger partial charge in [-0.25, -0.2) is 0 Å². The smallest absolute Gasteiger partial charge is 0.232 e. The zero-order chi connectivity index (χ0) is 15.4. The molecule has 3 rings (SSSR count). The van der Waals surface area contributed by atoms with Crippen LogP contribution >= 0.6 is 25.3 Å². The van der Waals surface area contributed by atoms with E-state index in [9.17, 15) is 0 Å². The number of hydrogen-bond acceptors (Lipinski definition) is 7. The monoisotopic (exact) mass is 327 g/mol. The molecule has 110 valence electrons. The number of benzene rings is 2. The molecule has 0 aliphatic heterocycles. The summed E-state index contributed by atoms with van der Waals surface area (Å²) in [5, 5.41) is 7.06. The third kappa shape index (κ3) is 3.90. The van der Waals surface area contributed by atoms with Gasteiger partial charge in [-0.2, -0.15) is 15.0 Å². The van der Waals surface area contributed by atoms with Crippen LogP contribution in [0.2, 0.25) is 0 Å². The Morgan fingerprint density at radius 2 is 1.09 bits per heavy atom. The zero-order valence-corrected chi connectivity index (χ0v) is 13.2. The Hall–Kier alpha value is -2.25. The van der Waals surface area contributed by atoms with Gasteiger partial charge in [0.15, 0.2) is 10.3 Å². The highest BCUT2D eigenvalue weighted by Gasteiger charge is 2.02. The number of nitrogens with one attached hydrogen (secondary N) is 2. The van der Waals surface area contributed by atoms with Crippen LogP contribution in [0.25, 0.3) is 0 Å². The van der Waals surface area contributed by atoms with Crippen molar-refractivity contribution in [3.8, 4) is 0 Å². The highest BCUT2D eigenvalue weighted by atomic mass is 32.1. The molecule has 0 aliphatic rings. The summed E-state index contributed by atoms with van der Waals surface area (Å²) in [7, 11) is 0. The van der Waals surface area contributed by atoms with Crippen molar-refractivity contribution in [1.29, 1.82) is 0 Å². The van der Waals surface area contributed by atoms with E-state index < -0.39 is 0 Å². The number of anilines is 4. The summed E-state index contributed by atoms with van der Waals surface area (Å²) in [5.74, 6) is 0.411. The summed E-state index contributed by atoms with van der Waals surface area (Å²) in [6, 6.07) is 17.8. The van der Waals surface area contributed by atoms with Crippen molar-refractivity contribution in [2.45, 2.75) is 10.3 Å². The van der Waals surface area contributed by atoms with Crippen LogP contribution in [0, 0.1) is 0 Å². The molecule has 0 saturated heterocycles. The van der Waals surface area contributed by atoms with E-state index in [1.54, 1.807) is 0 Å². The molecule has 7 heteroatoms. The number of thiol groups is 2. The molecule has 0 spiro atoms. The van der Waals surface area contributed by atoms with Crippen LogP contribution in [0.15, 0.2) is 64.9 Å². The van der Waals surface area contributed by atoms with Crippen molar-refractivity contribution >= 4 is 48.3 Å². The number of hydrogen-bond donors (Lipinski definition) is 4. The van der Waals surface area contributed by atoms with Crippen molar-refractivity contribution < 1.29 is 0 Å². The predicted molar refractivity (Wildman–Crippen MR) is 93.8 cm³/mol. The average Bonchev–Trinajstić information content (AvgIpc) is 2.49. The molecular weight excluding hydrogens is 314 g/mol. The highest BCUT2D eigenvalue weighted by Crippen LogP contribution is 2.20. The van der Waals surface area contributed by atoms with Crippen molar-refractivity contribution in [2.24, 2.45) is 0 Å². The Morgan fingerprint density at radius 3 is 1.68 bits per heavy atom. The van der Waals surface area contributed by atoms with Gasteiger partial charge in [0.05, 0.1) is 0 Å². The van der Waals surface area contributed by atoms with Gasteiger partial charge in [-0.05, 0) is 36.4 Å². The van der Waals surface area contributed by atoms with Crippen LogP contribution in [0.4, 0.5) is 23.0 Å². The van der Waals surface area contributed by atoms with E-state index in [1.807, 2.05) is 54.6 Å². The second kappa shape index (κ2) is 6.67. The molecule has 2 N–H and O–H groups in total. The first-order chi connectivity index (χ1) is 10.7. The molecule has 0 aliphatic carbocycles. The lowest BCUT2D eigenvalue weighted by Crippen LogP contribution is -2.00. The van der Waals surface area contributed by atoms with E-state index in [0.717, 1.165) is 17.1 Å². The Morgan fingerprint density at radius 1 is 0.591 bits per heavy atom. The molecule has 1 aromatic heterocycles. The molecule has 0 radical (unpaired) electrons. The van der Waals surface area contributed by atoms with Crippen LogP contribution in [0.1, 0.15) is 0 Å². The van der Waals surface area contributed by atoms with E-state index >= 15 is 0 Å². The Bertz CT molecular complexity index is 742. The first kappa shape index (κ1) is 14.7. The minimum absolute atomic E-state index is 0.324. The Kier molecular flexibility index (Phi) is 4.45. The fourth-order valence-corrected chi connectivity index (χ4v) is 2.32. The number of rotatable bonds is 4. The lowest BCUT2D eigenvalue weighted by atomic mass is 10.2. The molecule has 0 fully saturated rings.